The van der Waals surface area contributed by atoms with Crippen molar-refractivity contribution in [1.82, 2.24) is 0 Å². The summed E-state index contributed by atoms with van der Waals surface area (Å²) < 4.78 is 11.4. The Morgan fingerprint density at radius 3 is 2.23 bits per heavy atom. The number of amides is 1. The first-order chi connectivity index (χ1) is 16.9. The highest BCUT2D eigenvalue weighted by Gasteiger charge is 2.51. The minimum absolute atomic E-state index is 0.150. The van der Waals surface area contributed by atoms with Crippen LogP contribution in [0.25, 0.3) is 6.08 Å². The molecule has 0 unspecified atom stereocenters. The van der Waals surface area contributed by atoms with Crippen molar-refractivity contribution in [3.63, 3.8) is 0 Å². The van der Waals surface area contributed by atoms with Crippen LogP contribution in [0.5, 0.6) is 11.5 Å². The molecule has 4 nitrogen and oxygen atoms in total. The summed E-state index contributed by atoms with van der Waals surface area (Å²) in [5.74, 6) is 3.81. The van der Waals surface area contributed by atoms with Crippen molar-refractivity contribution in [3.8, 4) is 11.5 Å². The second-order valence-electron chi connectivity index (χ2n) is 10.5. The average molecular weight is 526 g/mol. The lowest BCUT2D eigenvalue weighted by Crippen LogP contribution is -2.48. The quantitative estimate of drug-likeness (QED) is 0.304. The number of nitrogens with zero attached hydrogens (tertiary/aromatic N) is 1. The minimum atomic E-state index is -0.150. The molecule has 7 heteroatoms. The van der Waals surface area contributed by atoms with Crippen LogP contribution in [0.2, 0.25) is 5.02 Å². The summed E-state index contributed by atoms with van der Waals surface area (Å²) >= 11 is 13.2. The lowest BCUT2D eigenvalue weighted by Gasteiger charge is -2.57. The number of halogens is 1. The summed E-state index contributed by atoms with van der Waals surface area (Å²) in [4.78, 5) is 15.5. The molecule has 5 aliphatic rings. The summed E-state index contributed by atoms with van der Waals surface area (Å²) in [6.07, 6.45) is 10.1. The van der Waals surface area contributed by atoms with Gasteiger partial charge in [0, 0.05) is 5.56 Å². The smallest absolute Gasteiger partial charge is 0.270 e. The van der Waals surface area contributed by atoms with E-state index in [1.165, 1.54) is 60.8 Å². The zero-order valence-corrected chi connectivity index (χ0v) is 22.3. The van der Waals surface area contributed by atoms with Crippen LogP contribution in [0.1, 0.15) is 49.7 Å². The highest BCUT2D eigenvalue weighted by atomic mass is 35.5. The average Bonchev–Trinajstić information content (AvgIpc) is 3.10. The van der Waals surface area contributed by atoms with Gasteiger partial charge in [0.15, 0.2) is 4.32 Å². The van der Waals surface area contributed by atoms with Gasteiger partial charge in [0.25, 0.3) is 5.91 Å². The first-order valence-corrected chi connectivity index (χ1v) is 13.8. The van der Waals surface area contributed by atoms with Crippen molar-refractivity contribution in [2.75, 3.05) is 19.1 Å². The van der Waals surface area contributed by atoms with Crippen molar-refractivity contribution >= 4 is 57.6 Å². The summed E-state index contributed by atoms with van der Waals surface area (Å²) in [5.41, 5.74) is 3.26. The number of carbonyl (C=O) groups excluding carboxylic acids is 1. The molecule has 4 saturated carbocycles. The number of hydrogen-bond donors (Lipinski definition) is 0. The van der Waals surface area contributed by atoms with E-state index in [2.05, 4.69) is 18.2 Å². The Kier molecular flexibility index (Phi) is 5.89. The molecule has 1 aliphatic heterocycles. The number of ether oxygens (including phenoxy) is 2. The first-order valence-electron chi connectivity index (χ1n) is 12.2. The van der Waals surface area contributed by atoms with Gasteiger partial charge in [-0.05, 0) is 104 Å². The second-order valence-corrected chi connectivity index (χ2v) is 12.6. The van der Waals surface area contributed by atoms with E-state index in [1.807, 2.05) is 6.08 Å². The van der Waals surface area contributed by atoms with Crippen LogP contribution < -0.4 is 14.4 Å². The van der Waals surface area contributed by atoms with E-state index in [0.29, 0.717) is 25.7 Å². The van der Waals surface area contributed by atoms with E-state index in [4.69, 9.17) is 33.3 Å². The Morgan fingerprint density at radius 2 is 1.63 bits per heavy atom. The fourth-order valence-corrected chi connectivity index (χ4v) is 8.81. The van der Waals surface area contributed by atoms with Crippen LogP contribution >= 0.6 is 35.6 Å². The first kappa shape index (κ1) is 23.4. The Labute approximate surface area is 221 Å². The van der Waals surface area contributed by atoms with Gasteiger partial charge in [0.05, 0.1) is 29.8 Å². The minimum Gasteiger partial charge on any atom is -0.496 e. The largest absolute Gasteiger partial charge is 0.496 e. The second kappa shape index (κ2) is 8.82. The topological polar surface area (TPSA) is 38.8 Å². The van der Waals surface area contributed by atoms with Crippen molar-refractivity contribution in [3.05, 3.63) is 57.5 Å². The lowest BCUT2D eigenvalue weighted by atomic mass is 9.48. The molecular formula is C28H28ClNO3S2. The van der Waals surface area contributed by atoms with Crippen LogP contribution in [0, 0.1) is 17.8 Å². The third kappa shape index (κ3) is 3.98. The number of benzene rings is 2. The zero-order valence-electron chi connectivity index (χ0n) is 19.9. The molecule has 182 valence electrons. The maximum Gasteiger partial charge on any atom is 0.270 e. The van der Waals surface area contributed by atoms with Gasteiger partial charge in [-0.2, -0.15) is 0 Å². The van der Waals surface area contributed by atoms with Gasteiger partial charge in [-0.3, -0.25) is 9.69 Å². The molecule has 1 saturated heterocycles. The number of carbonyl (C=O) groups is 1. The zero-order chi connectivity index (χ0) is 24.3. The SMILES string of the molecule is COc1ccc(N2C(=O)/C(=C\c3cc(C45CC6CC(CC(C6)C4)C5)ccc3OC)SC2=S)cc1Cl. The maximum atomic E-state index is 13.4. The molecule has 0 atom stereocenters. The molecule has 4 bridgehead atoms. The molecule has 5 fully saturated rings. The summed E-state index contributed by atoms with van der Waals surface area (Å²) in [7, 11) is 3.25. The molecule has 0 N–H and O–H groups in total. The predicted octanol–water partition coefficient (Wildman–Crippen LogP) is 7.23. The normalized spacial score (nSPS) is 30.4. The van der Waals surface area contributed by atoms with Crippen LogP contribution in [0.3, 0.4) is 0 Å². The van der Waals surface area contributed by atoms with Crippen molar-refractivity contribution in [1.29, 1.82) is 0 Å². The van der Waals surface area contributed by atoms with E-state index >= 15 is 0 Å². The monoisotopic (exact) mass is 525 g/mol. The van der Waals surface area contributed by atoms with E-state index < -0.39 is 0 Å². The Morgan fingerprint density at radius 1 is 1.00 bits per heavy atom. The molecule has 0 spiro atoms. The van der Waals surface area contributed by atoms with Crippen LogP contribution in [0.4, 0.5) is 5.69 Å². The molecule has 7 rings (SSSR count). The number of methoxy groups -OCH3 is 2. The number of thioether (sulfide) groups is 1. The van der Waals surface area contributed by atoms with E-state index in [9.17, 15) is 4.79 Å². The van der Waals surface area contributed by atoms with Crippen molar-refractivity contribution in [2.45, 2.75) is 43.9 Å². The number of rotatable bonds is 5. The maximum absolute atomic E-state index is 13.4. The molecule has 2 aromatic carbocycles. The van der Waals surface area contributed by atoms with Crippen LogP contribution in [0.15, 0.2) is 41.3 Å². The molecule has 0 radical (unpaired) electrons. The third-order valence-electron chi connectivity index (χ3n) is 8.35. The van der Waals surface area contributed by atoms with E-state index in [0.717, 1.165) is 29.1 Å². The third-order valence-corrected chi connectivity index (χ3v) is 9.95. The van der Waals surface area contributed by atoms with Crippen LogP contribution in [-0.4, -0.2) is 24.4 Å². The van der Waals surface area contributed by atoms with Crippen molar-refractivity contribution < 1.29 is 14.3 Å². The Balaban J connectivity index is 1.34. The molecule has 1 amide bonds. The van der Waals surface area contributed by atoms with Crippen molar-refractivity contribution in [2.24, 2.45) is 17.8 Å². The van der Waals surface area contributed by atoms with Gasteiger partial charge >= 0.3 is 0 Å². The van der Waals surface area contributed by atoms with Gasteiger partial charge in [0.1, 0.15) is 11.5 Å². The van der Waals surface area contributed by atoms with Crippen LogP contribution in [-0.2, 0) is 10.2 Å². The van der Waals surface area contributed by atoms with Gasteiger partial charge < -0.3 is 9.47 Å². The Hall–Kier alpha value is -2.02. The van der Waals surface area contributed by atoms with Gasteiger partial charge in [0.2, 0.25) is 0 Å². The predicted molar refractivity (Wildman–Crippen MR) is 146 cm³/mol. The number of anilines is 1. The highest BCUT2D eigenvalue weighted by molar-refractivity contribution is 8.27. The summed E-state index contributed by atoms with van der Waals surface area (Å²) in [6.45, 7) is 0. The van der Waals surface area contributed by atoms with Gasteiger partial charge in [-0.1, -0.05) is 41.6 Å². The fraction of sp³-hybridized carbons (Fsp3) is 0.429. The van der Waals surface area contributed by atoms with Gasteiger partial charge in [-0.25, -0.2) is 0 Å². The molecule has 4 aliphatic carbocycles. The number of hydrogen-bond acceptors (Lipinski definition) is 5. The number of thiocarbonyl (C=S) groups is 1. The standard InChI is InChI=1S/C28H28ClNO3S2/c1-32-23-5-3-20(28-13-16-7-17(14-28)9-18(8-16)15-28)10-19(23)11-25-26(31)30(27(34)35-25)21-4-6-24(33-2)22(29)12-21/h3-6,10-12,16-18H,7-9,13-15H2,1-2H3/b25-11+. The summed E-state index contributed by atoms with van der Waals surface area (Å²) in [5, 5.41) is 0.438. The molecule has 2 aromatic rings. The Bertz CT molecular complexity index is 1220. The molecular weight excluding hydrogens is 498 g/mol. The summed E-state index contributed by atoms with van der Waals surface area (Å²) in [6, 6.07) is 11.9. The molecule has 0 aromatic heterocycles. The highest BCUT2D eigenvalue weighted by Crippen LogP contribution is 2.61. The lowest BCUT2D eigenvalue weighted by molar-refractivity contribution is -0.113. The van der Waals surface area contributed by atoms with E-state index in [1.54, 1.807) is 32.4 Å². The fourth-order valence-electron chi connectivity index (χ4n) is 7.27. The molecule has 1 heterocycles. The van der Waals surface area contributed by atoms with Gasteiger partial charge in [-0.15, -0.1) is 0 Å². The molecule has 35 heavy (non-hydrogen) atoms. The van der Waals surface area contributed by atoms with E-state index in [-0.39, 0.29) is 11.3 Å².